The van der Waals surface area contributed by atoms with Gasteiger partial charge in [-0.15, -0.1) is 12.4 Å². The van der Waals surface area contributed by atoms with Crippen molar-refractivity contribution in [2.24, 2.45) is 5.41 Å². The maximum absolute atomic E-state index is 12.9. The maximum atomic E-state index is 12.9. The molecule has 0 aliphatic carbocycles. The fraction of sp³-hybridized carbons (Fsp3) is 0.929. The molecule has 0 bridgehead atoms. The van der Waals surface area contributed by atoms with Gasteiger partial charge in [0.2, 0.25) is 5.91 Å². The molecule has 124 valence electrons. The van der Waals surface area contributed by atoms with Crippen LogP contribution in [0.1, 0.15) is 39.5 Å². The predicted octanol–water partition coefficient (Wildman–Crippen LogP) is 1.22. The van der Waals surface area contributed by atoms with Crippen LogP contribution in [-0.4, -0.2) is 56.4 Å². The third-order valence-electron chi connectivity index (χ3n) is 4.91. The first kappa shape index (κ1) is 18.7. The van der Waals surface area contributed by atoms with Gasteiger partial charge in [0.15, 0.2) is 14.6 Å². The number of rotatable bonds is 2. The number of halogens is 1. The Morgan fingerprint density at radius 2 is 1.52 bits per heavy atom. The largest absolute Gasteiger partial charge is 0.341 e. The zero-order chi connectivity index (χ0) is 15.0. The van der Waals surface area contributed by atoms with E-state index in [-0.39, 0.29) is 23.7 Å². The van der Waals surface area contributed by atoms with Crippen LogP contribution in [0.3, 0.4) is 0 Å². The van der Waals surface area contributed by atoms with Gasteiger partial charge in [-0.1, -0.05) is 13.8 Å². The summed E-state index contributed by atoms with van der Waals surface area (Å²) in [4.78, 5) is 14.6. The molecule has 1 amide bonds. The van der Waals surface area contributed by atoms with E-state index in [0.717, 1.165) is 12.8 Å². The first-order chi connectivity index (χ1) is 9.18. The molecule has 2 heterocycles. The van der Waals surface area contributed by atoms with Crippen LogP contribution in [-0.2, 0) is 14.6 Å². The number of nitrogens with one attached hydrogen (secondary N) is 1. The third kappa shape index (κ3) is 3.71. The van der Waals surface area contributed by atoms with Gasteiger partial charge >= 0.3 is 0 Å². The fourth-order valence-electron chi connectivity index (χ4n) is 3.18. The van der Waals surface area contributed by atoms with E-state index in [9.17, 15) is 13.2 Å². The topological polar surface area (TPSA) is 66.5 Å². The number of likely N-dealkylation sites (tertiary alicyclic amines) is 1. The van der Waals surface area contributed by atoms with Crippen molar-refractivity contribution >= 4 is 28.2 Å². The first-order valence-electron chi connectivity index (χ1n) is 7.38. The Hall–Kier alpha value is -0.330. The van der Waals surface area contributed by atoms with Crippen LogP contribution in [0.2, 0.25) is 0 Å². The molecule has 0 atom stereocenters. The zero-order valence-electron chi connectivity index (χ0n) is 13.1. The molecule has 7 heteroatoms. The Kier molecular flexibility index (Phi) is 5.73. The highest BCUT2D eigenvalue weighted by atomic mass is 35.5. The molecule has 21 heavy (non-hydrogen) atoms. The quantitative estimate of drug-likeness (QED) is 0.822. The number of hydrogen-bond donors (Lipinski definition) is 1. The molecule has 1 N–H and O–H groups in total. The number of sulfone groups is 1. The number of carbonyl (C=O) groups is 1. The summed E-state index contributed by atoms with van der Waals surface area (Å²) in [5.74, 6) is -0.169. The Morgan fingerprint density at radius 3 is 1.95 bits per heavy atom. The van der Waals surface area contributed by atoms with E-state index < -0.39 is 14.6 Å². The van der Waals surface area contributed by atoms with E-state index in [2.05, 4.69) is 19.2 Å². The van der Waals surface area contributed by atoms with Crippen LogP contribution in [0.25, 0.3) is 0 Å². The molecule has 2 fully saturated rings. The van der Waals surface area contributed by atoms with Crippen LogP contribution in [0.5, 0.6) is 0 Å². The standard InChI is InChI=1S/C14H26N2O3S.ClH/c1-13(2)6-10-16(11-7-13)12(17)14(20(3,18)19)4-8-15-9-5-14;/h15H,4-11H2,1-3H3;1H. The lowest BCUT2D eigenvalue weighted by atomic mass is 9.82. The van der Waals surface area contributed by atoms with E-state index in [4.69, 9.17) is 0 Å². The average molecular weight is 339 g/mol. The molecule has 2 rings (SSSR count). The van der Waals surface area contributed by atoms with E-state index in [1.165, 1.54) is 6.26 Å². The van der Waals surface area contributed by atoms with Gasteiger partial charge in [-0.25, -0.2) is 8.42 Å². The van der Waals surface area contributed by atoms with Gasteiger partial charge in [-0.2, -0.15) is 0 Å². The number of hydrogen-bond acceptors (Lipinski definition) is 4. The molecule has 0 unspecified atom stereocenters. The van der Waals surface area contributed by atoms with Gasteiger partial charge in [0.1, 0.15) is 0 Å². The van der Waals surface area contributed by atoms with Crippen molar-refractivity contribution < 1.29 is 13.2 Å². The summed E-state index contributed by atoms with van der Waals surface area (Å²) >= 11 is 0. The lowest BCUT2D eigenvalue weighted by molar-refractivity contribution is -0.136. The van der Waals surface area contributed by atoms with Crippen molar-refractivity contribution in [1.29, 1.82) is 0 Å². The molecule has 2 aliphatic rings. The molecule has 0 aromatic rings. The molecular formula is C14H27ClN2O3S. The first-order valence-corrected chi connectivity index (χ1v) is 9.27. The summed E-state index contributed by atoms with van der Waals surface area (Å²) in [5, 5.41) is 3.15. The number of nitrogens with zero attached hydrogens (tertiary/aromatic N) is 1. The second-order valence-electron chi connectivity index (χ2n) is 6.97. The summed E-state index contributed by atoms with van der Waals surface area (Å²) in [6, 6.07) is 0. The highest BCUT2D eigenvalue weighted by Gasteiger charge is 2.51. The van der Waals surface area contributed by atoms with Crippen LogP contribution < -0.4 is 5.32 Å². The minimum absolute atomic E-state index is 0. The third-order valence-corrected chi connectivity index (χ3v) is 6.92. The van der Waals surface area contributed by atoms with E-state index in [1.807, 2.05) is 0 Å². The predicted molar refractivity (Wildman–Crippen MR) is 86.5 cm³/mol. The minimum atomic E-state index is -3.40. The van der Waals surface area contributed by atoms with Crippen molar-refractivity contribution in [2.45, 2.75) is 44.3 Å². The average Bonchev–Trinajstić information content (AvgIpc) is 2.37. The molecule has 2 aliphatic heterocycles. The highest BCUT2D eigenvalue weighted by molar-refractivity contribution is 7.92. The number of carbonyl (C=O) groups excluding carboxylic acids is 1. The summed E-state index contributed by atoms with van der Waals surface area (Å²) < 4.78 is 23.3. The van der Waals surface area contributed by atoms with Gasteiger partial charge < -0.3 is 10.2 Å². The van der Waals surface area contributed by atoms with Gasteiger partial charge in [-0.3, -0.25) is 4.79 Å². The molecule has 0 spiro atoms. The van der Waals surface area contributed by atoms with Crippen LogP contribution in [0, 0.1) is 5.41 Å². The molecule has 2 saturated heterocycles. The SMILES string of the molecule is CC1(C)CCN(C(=O)C2(S(C)(=O)=O)CCNCC2)CC1.Cl. The Morgan fingerprint density at radius 1 is 1.05 bits per heavy atom. The molecular weight excluding hydrogens is 312 g/mol. The van der Waals surface area contributed by atoms with Crippen LogP contribution in [0.15, 0.2) is 0 Å². The minimum Gasteiger partial charge on any atom is -0.341 e. The maximum Gasteiger partial charge on any atom is 0.244 e. The zero-order valence-corrected chi connectivity index (χ0v) is 14.8. The normalized spacial score (nSPS) is 25.0. The second kappa shape index (κ2) is 6.42. The monoisotopic (exact) mass is 338 g/mol. The summed E-state index contributed by atoms with van der Waals surface area (Å²) in [5.41, 5.74) is 0.253. The molecule has 5 nitrogen and oxygen atoms in total. The Balaban J connectivity index is 0.00000220. The lowest BCUT2D eigenvalue weighted by Gasteiger charge is -2.43. The molecule has 0 radical (unpaired) electrons. The van der Waals surface area contributed by atoms with Crippen molar-refractivity contribution in [2.75, 3.05) is 32.4 Å². The lowest BCUT2D eigenvalue weighted by Crippen LogP contribution is -2.59. The van der Waals surface area contributed by atoms with Crippen LogP contribution >= 0.6 is 12.4 Å². The van der Waals surface area contributed by atoms with E-state index in [1.54, 1.807) is 4.90 Å². The van der Waals surface area contributed by atoms with E-state index in [0.29, 0.717) is 39.0 Å². The Bertz CT molecular complexity index is 474. The van der Waals surface area contributed by atoms with Crippen LogP contribution in [0.4, 0.5) is 0 Å². The van der Waals surface area contributed by atoms with Gasteiger partial charge in [0.05, 0.1) is 0 Å². The van der Waals surface area contributed by atoms with Crippen molar-refractivity contribution in [1.82, 2.24) is 10.2 Å². The van der Waals surface area contributed by atoms with Crippen molar-refractivity contribution in [3.8, 4) is 0 Å². The molecule has 0 aromatic heterocycles. The van der Waals surface area contributed by atoms with Crippen molar-refractivity contribution in [3.63, 3.8) is 0 Å². The summed E-state index contributed by atoms with van der Waals surface area (Å²) in [6.07, 6.45) is 3.88. The Labute approximate surface area is 134 Å². The highest BCUT2D eigenvalue weighted by Crippen LogP contribution is 2.34. The summed E-state index contributed by atoms with van der Waals surface area (Å²) in [7, 11) is -3.40. The van der Waals surface area contributed by atoms with Gasteiger partial charge in [0.25, 0.3) is 0 Å². The smallest absolute Gasteiger partial charge is 0.244 e. The number of amides is 1. The summed E-state index contributed by atoms with van der Waals surface area (Å²) in [6.45, 7) is 6.95. The van der Waals surface area contributed by atoms with Gasteiger partial charge in [-0.05, 0) is 44.2 Å². The number of piperidine rings is 2. The van der Waals surface area contributed by atoms with Gasteiger partial charge in [0, 0.05) is 19.3 Å². The molecule has 0 saturated carbocycles. The fourth-order valence-corrected chi connectivity index (χ4v) is 4.57. The van der Waals surface area contributed by atoms with E-state index >= 15 is 0 Å². The molecule has 0 aromatic carbocycles. The second-order valence-corrected chi connectivity index (χ2v) is 9.30. The van der Waals surface area contributed by atoms with Crippen molar-refractivity contribution in [3.05, 3.63) is 0 Å².